The Morgan fingerprint density at radius 1 is 0.473 bits per heavy atom. The van der Waals surface area contributed by atoms with Crippen molar-refractivity contribution in [3.8, 4) is 28.3 Å². The van der Waals surface area contributed by atoms with E-state index in [1.54, 1.807) is 0 Å². The van der Waals surface area contributed by atoms with Gasteiger partial charge < -0.3 is 4.40 Å². The van der Waals surface area contributed by atoms with Crippen LogP contribution in [0.1, 0.15) is 25.0 Å². The maximum atomic E-state index is 5.65. The van der Waals surface area contributed by atoms with E-state index in [0.29, 0.717) is 5.95 Å². The molecule has 0 bridgehead atoms. The molecule has 0 N–H and O–H groups in total. The largest absolute Gasteiger partial charge is 0.308 e. The highest BCUT2D eigenvalue weighted by molar-refractivity contribution is 6.33. The maximum Gasteiger partial charge on any atom is 0.235 e. The van der Waals surface area contributed by atoms with E-state index in [1.807, 2.05) is 0 Å². The normalized spacial score (nSPS) is 13.8. The summed E-state index contributed by atoms with van der Waals surface area (Å²) in [6.45, 7) is 4.77. The Morgan fingerprint density at radius 3 is 2.05 bits per heavy atom. The van der Waals surface area contributed by atoms with Gasteiger partial charge in [-0.3, -0.25) is 4.57 Å². The number of fused-ring (bicyclic) bond motifs is 12. The monoisotopic (exact) mass is 700 g/mol. The van der Waals surface area contributed by atoms with Gasteiger partial charge in [0.05, 0.1) is 38.8 Å². The Kier molecular flexibility index (Phi) is 5.42. The van der Waals surface area contributed by atoms with Crippen LogP contribution in [0.2, 0.25) is 0 Å². The van der Waals surface area contributed by atoms with E-state index in [9.17, 15) is 0 Å². The van der Waals surface area contributed by atoms with Crippen LogP contribution in [0.3, 0.4) is 0 Å². The highest BCUT2D eigenvalue weighted by Crippen LogP contribution is 2.55. The number of hydrogen-bond donors (Lipinski definition) is 0. The summed E-state index contributed by atoms with van der Waals surface area (Å²) in [7, 11) is 0. The zero-order valence-electron chi connectivity index (χ0n) is 30.3. The van der Waals surface area contributed by atoms with E-state index in [0.717, 1.165) is 38.6 Å². The molecule has 0 unspecified atom stereocenters. The second-order valence-electron chi connectivity index (χ2n) is 15.7. The van der Waals surface area contributed by atoms with Gasteiger partial charge in [-0.1, -0.05) is 147 Å². The van der Waals surface area contributed by atoms with Crippen molar-refractivity contribution >= 4 is 81.6 Å². The minimum absolute atomic E-state index is 0.229. The maximum absolute atomic E-state index is 5.65. The molecule has 55 heavy (non-hydrogen) atoms. The standard InChI is InChI=1S/C51H32N4/c1-51(2)37-23-10-8-19-36(37)43-38(51)28-42-46-45-33(35-22-12-21-34-32-18-9-11-24-40(32)54(42)48(34)35)20-13-25-41(45)55(49(43)46)50-52-39-27-26-29-14-6-7-17-31(29)44(39)47(53-50)30-15-4-3-5-16-30/h3-28H,1-2H3. The van der Waals surface area contributed by atoms with Gasteiger partial charge in [-0.05, 0) is 57.1 Å². The molecule has 0 saturated heterocycles. The quantitative estimate of drug-likeness (QED) is 0.168. The predicted molar refractivity (Wildman–Crippen MR) is 229 cm³/mol. The van der Waals surface area contributed by atoms with Crippen molar-refractivity contribution < 1.29 is 0 Å². The van der Waals surface area contributed by atoms with Gasteiger partial charge in [0.15, 0.2) is 0 Å². The van der Waals surface area contributed by atoms with Crippen LogP contribution in [0.15, 0.2) is 158 Å². The van der Waals surface area contributed by atoms with Crippen molar-refractivity contribution in [3.63, 3.8) is 0 Å². The Labute approximate surface area is 315 Å². The first-order chi connectivity index (χ1) is 27.1. The second kappa shape index (κ2) is 10.1. The van der Waals surface area contributed by atoms with Crippen LogP contribution < -0.4 is 0 Å². The van der Waals surface area contributed by atoms with Gasteiger partial charge in [0.25, 0.3) is 0 Å². The van der Waals surface area contributed by atoms with Crippen molar-refractivity contribution in [2.45, 2.75) is 19.3 Å². The van der Waals surface area contributed by atoms with Gasteiger partial charge in [-0.2, -0.15) is 0 Å². The van der Waals surface area contributed by atoms with Crippen LogP contribution >= 0.6 is 0 Å². The molecule has 0 fully saturated rings. The van der Waals surface area contributed by atoms with Crippen molar-refractivity contribution in [1.29, 1.82) is 0 Å². The van der Waals surface area contributed by atoms with Crippen molar-refractivity contribution in [3.05, 3.63) is 169 Å². The molecule has 8 aromatic carbocycles. The minimum Gasteiger partial charge on any atom is -0.308 e. The van der Waals surface area contributed by atoms with E-state index >= 15 is 0 Å². The lowest BCUT2D eigenvalue weighted by Crippen LogP contribution is -2.15. The summed E-state index contributed by atoms with van der Waals surface area (Å²) in [6.07, 6.45) is 0. The van der Waals surface area contributed by atoms with Gasteiger partial charge in [0, 0.05) is 48.9 Å². The van der Waals surface area contributed by atoms with E-state index in [-0.39, 0.29) is 5.41 Å². The molecular formula is C51H32N4. The third kappa shape index (κ3) is 3.57. The van der Waals surface area contributed by atoms with Gasteiger partial charge in [-0.25, -0.2) is 9.97 Å². The zero-order valence-corrected chi connectivity index (χ0v) is 30.3. The topological polar surface area (TPSA) is 35.1 Å². The summed E-state index contributed by atoms with van der Waals surface area (Å²) in [5.41, 5.74) is 13.9. The van der Waals surface area contributed by atoms with Crippen molar-refractivity contribution in [1.82, 2.24) is 18.9 Å². The number of nitrogens with zero attached hydrogens (tertiary/aromatic N) is 4. The molecule has 4 heterocycles. The third-order valence-corrected chi connectivity index (χ3v) is 12.6. The zero-order chi connectivity index (χ0) is 36.2. The highest BCUT2D eigenvalue weighted by Gasteiger charge is 2.39. The molecule has 0 spiro atoms. The Hall–Kier alpha value is -7.04. The summed E-state index contributed by atoms with van der Waals surface area (Å²) in [4.78, 5) is 11.2. The summed E-state index contributed by atoms with van der Waals surface area (Å²) >= 11 is 0. The molecular weight excluding hydrogens is 669 g/mol. The van der Waals surface area contributed by atoms with Gasteiger partial charge >= 0.3 is 0 Å². The molecule has 4 heteroatoms. The van der Waals surface area contributed by atoms with Crippen molar-refractivity contribution in [2.24, 2.45) is 0 Å². The molecule has 1 aliphatic carbocycles. The highest BCUT2D eigenvalue weighted by atomic mass is 15.2. The summed E-state index contributed by atoms with van der Waals surface area (Å²) in [5, 5.41) is 10.9. The lowest BCUT2D eigenvalue weighted by atomic mass is 9.82. The van der Waals surface area contributed by atoms with Crippen LogP contribution in [-0.2, 0) is 5.41 Å². The van der Waals surface area contributed by atoms with Crippen LogP contribution in [0.5, 0.6) is 0 Å². The van der Waals surface area contributed by atoms with Crippen LogP contribution in [0.25, 0.3) is 110 Å². The van der Waals surface area contributed by atoms with Crippen molar-refractivity contribution in [2.75, 3.05) is 0 Å². The van der Waals surface area contributed by atoms with Crippen LogP contribution in [0, 0.1) is 0 Å². The molecule has 0 amide bonds. The SMILES string of the molecule is CC1(C)c2ccccc2-c2c1cc1c3c4c(cccc4n(-c4nc(-c5ccccc5)c5c(ccc6ccccc65)n4)c23)c2cccc3c4ccccc4n1c23. The number of para-hydroxylation sites is 2. The van der Waals surface area contributed by atoms with E-state index in [4.69, 9.17) is 9.97 Å². The number of benzene rings is 8. The Balaban J connectivity index is 1.32. The Bertz CT molecular complexity index is 3620. The number of aromatic nitrogens is 4. The molecule has 1 aliphatic rings. The first kappa shape index (κ1) is 29.4. The Morgan fingerprint density at radius 2 is 1.16 bits per heavy atom. The lowest BCUT2D eigenvalue weighted by Gasteiger charge is -2.22. The van der Waals surface area contributed by atoms with E-state index in [2.05, 4.69) is 181 Å². The average molecular weight is 701 g/mol. The molecule has 256 valence electrons. The fourth-order valence-corrected chi connectivity index (χ4v) is 10.3. The minimum atomic E-state index is -0.229. The fraction of sp³-hybridized carbons (Fsp3) is 0.0588. The second-order valence-corrected chi connectivity index (χ2v) is 15.7. The summed E-state index contributed by atoms with van der Waals surface area (Å²) in [6, 6.07) is 57.6. The van der Waals surface area contributed by atoms with Crippen LogP contribution in [0.4, 0.5) is 0 Å². The average Bonchev–Trinajstić information content (AvgIpc) is 3.80. The third-order valence-electron chi connectivity index (χ3n) is 12.6. The molecule has 0 radical (unpaired) electrons. The molecule has 4 aromatic heterocycles. The van der Waals surface area contributed by atoms with E-state index < -0.39 is 0 Å². The fourth-order valence-electron chi connectivity index (χ4n) is 10.3. The van der Waals surface area contributed by atoms with Crippen LogP contribution in [-0.4, -0.2) is 18.9 Å². The first-order valence-electron chi connectivity index (χ1n) is 19.1. The predicted octanol–water partition coefficient (Wildman–Crippen LogP) is 13.0. The summed E-state index contributed by atoms with van der Waals surface area (Å²) in [5.74, 6) is 0.677. The van der Waals surface area contributed by atoms with E-state index in [1.165, 1.54) is 76.5 Å². The molecule has 0 saturated carbocycles. The molecule has 4 nitrogen and oxygen atoms in total. The number of rotatable bonds is 2. The molecule has 0 atom stereocenters. The smallest absolute Gasteiger partial charge is 0.235 e. The van der Waals surface area contributed by atoms with Gasteiger partial charge in [-0.15, -0.1) is 0 Å². The molecule has 13 rings (SSSR count). The molecule has 12 aromatic rings. The number of hydrogen-bond acceptors (Lipinski definition) is 2. The van der Waals surface area contributed by atoms with Gasteiger partial charge in [0.2, 0.25) is 5.95 Å². The lowest BCUT2D eigenvalue weighted by molar-refractivity contribution is 0.661. The summed E-state index contributed by atoms with van der Waals surface area (Å²) < 4.78 is 4.95. The van der Waals surface area contributed by atoms with Gasteiger partial charge in [0.1, 0.15) is 0 Å². The molecule has 0 aliphatic heterocycles. The first-order valence-corrected chi connectivity index (χ1v) is 19.1.